The second-order valence-corrected chi connectivity index (χ2v) is 10.9. The van der Waals surface area contributed by atoms with Crippen LogP contribution >= 0.6 is 34.7 Å². The Bertz CT molecular complexity index is 1840. The molecule has 40 heavy (non-hydrogen) atoms. The lowest BCUT2D eigenvalue weighted by atomic mass is 9.96. The van der Waals surface area contributed by atoms with E-state index >= 15 is 0 Å². The van der Waals surface area contributed by atoms with Crippen LogP contribution in [0.25, 0.3) is 6.08 Å². The Balaban J connectivity index is 1.71. The molecule has 0 spiro atoms. The van der Waals surface area contributed by atoms with Gasteiger partial charge >= 0.3 is 5.97 Å². The Morgan fingerprint density at radius 1 is 1.23 bits per heavy atom. The van der Waals surface area contributed by atoms with Crippen molar-refractivity contribution < 1.29 is 14.5 Å². The number of carbonyl (C=O) groups excluding carboxylic acids is 1. The lowest BCUT2D eigenvalue weighted by Gasteiger charge is -2.24. The van der Waals surface area contributed by atoms with E-state index in [0.29, 0.717) is 36.7 Å². The normalized spacial score (nSPS) is 15.0. The van der Waals surface area contributed by atoms with E-state index in [-0.39, 0.29) is 22.4 Å². The van der Waals surface area contributed by atoms with Crippen LogP contribution in [0.5, 0.6) is 0 Å². The molecule has 0 bridgehead atoms. The fourth-order valence-corrected chi connectivity index (χ4v) is 6.14. The third-order valence-electron chi connectivity index (χ3n) is 5.94. The van der Waals surface area contributed by atoms with Crippen LogP contribution in [0.4, 0.5) is 5.69 Å². The van der Waals surface area contributed by atoms with Crippen molar-refractivity contribution in [1.82, 2.24) is 14.5 Å². The molecule has 202 valence electrons. The minimum atomic E-state index is -0.800. The number of allylic oxidation sites excluding steroid dienone is 1. The summed E-state index contributed by atoms with van der Waals surface area (Å²) < 4.78 is 7.04. The van der Waals surface area contributed by atoms with Crippen LogP contribution in [0.1, 0.15) is 31.0 Å². The third-order valence-corrected chi connectivity index (χ3v) is 8.16. The number of benzene rings is 2. The van der Waals surface area contributed by atoms with Crippen molar-refractivity contribution in [2.24, 2.45) is 4.99 Å². The summed E-state index contributed by atoms with van der Waals surface area (Å²) in [6.07, 6.45) is 4.78. The second-order valence-electron chi connectivity index (χ2n) is 8.47. The highest BCUT2D eigenvalue weighted by molar-refractivity contribution is 7.99. The number of non-ortho nitro benzene ring substituents is 1. The zero-order chi connectivity index (χ0) is 28.4. The van der Waals surface area contributed by atoms with Gasteiger partial charge in [0.1, 0.15) is 0 Å². The van der Waals surface area contributed by atoms with Crippen LogP contribution in [0.3, 0.4) is 0 Å². The van der Waals surface area contributed by atoms with E-state index in [1.54, 1.807) is 68.7 Å². The minimum Gasteiger partial charge on any atom is -0.463 e. The van der Waals surface area contributed by atoms with Crippen molar-refractivity contribution >= 4 is 52.4 Å². The summed E-state index contributed by atoms with van der Waals surface area (Å²) in [6, 6.07) is 12.1. The molecular formula is C27H20ClN5O5S2. The summed E-state index contributed by atoms with van der Waals surface area (Å²) in [5.74, 6) is -0.571. The predicted molar refractivity (Wildman–Crippen MR) is 151 cm³/mol. The fourth-order valence-electron chi connectivity index (χ4n) is 4.18. The minimum absolute atomic E-state index is 0.128. The molecule has 4 aromatic rings. The molecule has 10 nitrogen and oxygen atoms in total. The van der Waals surface area contributed by atoms with Gasteiger partial charge in [0.05, 0.1) is 33.4 Å². The molecule has 2 aromatic carbocycles. The third kappa shape index (κ3) is 5.46. The monoisotopic (exact) mass is 593 g/mol. The number of halogens is 1. The zero-order valence-electron chi connectivity index (χ0n) is 21.1. The Morgan fingerprint density at radius 2 is 1.95 bits per heavy atom. The summed E-state index contributed by atoms with van der Waals surface area (Å²) in [5.41, 5.74) is 1.24. The molecule has 0 N–H and O–H groups in total. The SMILES string of the molecule is CCOC(=O)C1=C(C)N=c2s/c(=C/c3cc([N+](=O)[O-])ccc3Sc3ncccn3)c(=O)n2[C@@H]1c1ccc(Cl)cc1. The number of esters is 1. The van der Waals surface area contributed by atoms with Crippen LogP contribution in [-0.4, -0.2) is 32.0 Å². The average molecular weight is 594 g/mol. The quantitative estimate of drug-likeness (QED) is 0.134. The van der Waals surface area contributed by atoms with Crippen molar-refractivity contribution in [2.45, 2.75) is 29.9 Å². The van der Waals surface area contributed by atoms with Crippen molar-refractivity contribution in [3.63, 3.8) is 0 Å². The number of aromatic nitrogens is 3. The van der Waals surface area contributed by atoms with Crippen molar-refractivity contribution in [3.05, 3.63) is 118 Å². The van der Waals surface area contributed by atoms with Crippen LogP contribution in [0.15, 0.2) is 92.0 Å². The maximum Gasteiger partial charge on any atom is 0.338 e. The summed E-state index contributed by atoms with van der Waals surface area (Å²) in [5, 5.41) is 12.5. The molecule has 0 amide bonds. The Morgan fingerprint density at radius 3 is 2.62 bits per heavy atom. The molecule has 1 atom stereocenters. The number of hydrogen-bond donors (Lipinski definition) is 0. The molecule has 0 aliphatic carbocycles. The van der Waals surface area contributed by atoms with E-state index in [4.69, 9.17) is 16.3 Å². The van der Waals surface area contributed by atoms with Crippen molar-refractivity contribution in [3.8, 4) is 0 Å². The van der Waals surface area contributed by atoms with E-state index in [1.165, 1.54) is 28.5 Å². The molecule has 2 aromatic heterocycles. The number of thiazole rings is 1. The second kappa shape index (κ2) is 11.5. The van der Waals surface area contributed by atoms with E-state index < -0.39 is 22.5 Å². The first-order valence-electron chi connectivity index (χ1n) is 11.9. The molecule has 0 saturated carbocycles. The van der Waals surface area contributed by atoms with Gasteiger partial charge in [-0.15, -0.1) is 0 Å². The van der Waals surface area contributed by atoms with E-state index in [2.05, 4.69) is 15.0 Å². The fraction of sp³-hybridized carbons (Fsp3) is 0.148. The maximum atomic E-state index is 13.9. The van der Waals surface area contributed by atoms with Gasteiger partial charge in [-0.1, -0.05) is 35.1 Å². The number of fused-ring (bicyclic) bond motifs is 1. The van der Waals surface area contributed by atoms with Gasteiger partial charge in [0.25, 0.3) is 11.2 Å². The lowest BCUT2D eigenvalue weighted by Crippen LogP contribution is -2.39. The first kappa shape index (κ1) is 27.4. The van der Waals surface area contributed by atoms with Crippen LogP contribution in [0, 0.1) is 10.1 Å². The average Bonchev–Trinajstić information content (AvgIpc) is 3.24. The molecule has 3 heterocycles. The first-order chi connectivity index (χ1) is 19.3. The standard InChI is InChI=1S/C27H20ClN5O5S2/c1-3-38-25(35)22-15(2)31-27-32(23(22)16-5-7-18(28)8-6-16)24(34)21(40-27)14-17-13-19(33(36)37)9-10-20(17)39-26-29-11-4-12-30-26/h4-14,23H,3H2,1-2H3/b21-14+/t23-/m1/s1. The van der Waals surface area contributed by atoms with Gasteiger partial charge in [-0.05, 0) is 67.1 Å². The van der Waals surface area contributed by atoms with Gasteiger partial charge in [0.2, 0.25) is 0 Å². The molecule has 1 aliphatic heterocycles. The predicted octanol–water partition coefficient (Wildman–Crippen LogP) is 4.30. The molecule has 5 rings (SSSR count). The van der Waals surface area contributed by atoms with E-state index in [1.807, 2.05) is 0 Å². The summed E-state index contributed by atoms with van der Waals surface area (Å²) in [4.78, 5) is 52.0. The van der Waals surface area contributed by atoms with Gasteiger partial charge < -0.3 is 4.74 Å². The molecule has 0 unspecified atom stereocenters. The topological polar surface area (TPSA) is 130 Å². The number of hydrogen-bond acceptors (Lipinski definition) is 10. The summed E-state index contributed by atoms with van der Waals surface area (Å²) in [7, 11) is 0. The van der Waals surface area contributed by atoms with Crippen LogP contribution < -0.4 is 14.9 Å². The molecule has 0 saturated heterocycles. The van der Waals surface area contributed by atoms with Crippen molar-refractivity contribution in [1.29, 1.82) is 0 Å². The van der Waals surface area contributed by atoms with Gasteiger partial charge in [0.15, 0.2) is 9.96 Å². The summed E-state index contributed by atoms with van der Waals surface area (Å²) >= 11 is 8.45. The highest BCUT2D eigenvalue weighted by atomic mass is 35.5. The number of carbonyl (C=O) groups is 1. The van der Waals surface area contributed by atoms with Crippen molar-refractivity contribution in [2.75, 3.05) is 6.61 Å². The van der Waals surface area contributed by atoms with E-state index in [0.717, 1.165) is 11.3 Å². The molecule has 13 heteroatoms. The number of ether oxygens (including phenoxy) is 1. The molecule has 0 fully saturated rings. The number of rotatable bonds is 7. The van der Waals surface area contributed by atoms with Gasteiger partial charge in [-0.2, -0.15) is 0 Å². The molecule has 0 radical (unpaired) electrons. The largest absolute Gasteiger partial charge is 0.463 e. The number of nitro benzene ring substituents is 1. The van der Waals surface area contributed by atoms with Gasteiger partial charge in [0, 0.05) is 34.4 Å². The van der Waals surface area contributed by atoms with Gasteiger partial charge in [-0.25, -0.2) is 19.8 Å². The van der Waals surface area contributed by atoms with Gasteiger partial charge in [-0.3, -0.25) is 19.5 Å². The van der Waals surface area contributed by atoms with Crippen LogP contribution in [-0.2, 0) is 9.53 Å². The first-order valence-corrected chi connectivity index (χ1v) is 14.0. The molecular weight excluding hydrogens is 574 g/mol. The lowest BCUT2D eigenvalue weighted by molar-refractivity contribution is -0.384. The highest BCUT2D eigenvalue weighted by Crippen LogP contribution is 2.32. The zero-order valence-corrected chi connectivity index (χ0v) is 23.5. The Kier molecular flexibility index (Phi) is 7.92. The smallest absolute Gasteiger partial charge is 0.338 e. The summed E-state index contributed by atoms with van der Waals surface area (Å²) in [6.45, 7) is 3.56. The Labute approximate surface area is 240 Å². The van der Waals surface area contributed by atoms with E-state index in [9.17, 15) is 19.7 Å². The number of nitro groups is 1. The Hall–Kier alpha value is -4.13. The number of nitrogens with zero attached hydrogens (tertiary/aromatic N) is 5. The highest BCUT2D eigenvalue weighted by Gasteiger charge is 2.33. The van der Waals surface area contributed by atoms with Crippen LogP contribution in [0.2, 0.25) is 5.02 Å². The maximum absolute atomic E-state index is 13.9. The molecule has 1 aliphatic rings.